The van der Waals surface area contributed by atoms with Gasteiger partial charge in [0.15, 0.2) is 11.5 Å². The van der Waals surface area contributed by atoms with Gasteiger partial charge < -0.3 is 13.9 Å². The molecule has 0 unspecified atom stereocenters. The number of hydrogen-bond acceptors (Lipinski definition) is 6. The van der Waals surface area contributed by atoms with E-state index in [2.05, 4.69) is 20.8 Å². The van der Waals surface area contributed by atoms with Crippen molar-refractivity contribution in [3.63, 3.8) is 0 Å². The molecule has 2 atom stereocenters. The van der Waals surface area contributed by atoms with E-state index in [4.69, 9.17) is 13.9 Å². The maximum atomic E-state index is 13.5. The summed E-state index contributed by atoms with van der Waals surface area (Å²) in [6.45, 7) is 20.9. The molecule has 30 heavy (non-hydrogen) atoms. The number of amides is 1. The number of likely N-dealkylation sites (tertiary alicyclic amines) is 1. The number of ketones is 1. The summed E-state index contributed by atoms with van der Waals surface area (Å²) in [4.78, 5) is 40.4. The zero-order valence-electron chi connectivity index (χ0n) is 20.6. The first-order valence-electron chi connectivity index (χ1n) is 10.5. The van der Waals surface area contributed by atoms with Crippen LogP contribution in [0, 0.1) is 11.3 Å². The van der Waals surface area contributed by atoms with Gasteiger partial charge in [-0.2, -0.15) is 0 Å². The van der Waals surface area contributed by atoms with E-state index in [9.17, 15) is 14.4 Å². The van der Waals surface area contributed by atoms with E-state index in [-0.39, 0.29) is 11.3 Å². The second-order valence-electron chi connectivity index (χ2n) is 11.3. The lowest BCUT2D eigenvalue weighted by Gasteiger charge is -2.39. The van der Waals surface area contributed by atoms with Gasteiger partial charge in [-0.05, 0) is 66.0 Å². The van der Waals surface area contributed by atoms with Crippen LogP contribution < -0.4 is 0 Å². The van der Waals surface area contributed by atoms with Crippen LogP contribution in [0.15, 0.2) is 0 Å². The molecule has 0 aromatic rings. The highest BCUT2D eigenvalue weighted by atomic mass is 28.3. The van der Waals surface area contributed by atoms with Crippen LogP contribution in [0.4, 0.5) is 4.79 Å². The van der Waals surface area contributed by atoms with E-state index in [1.54, 1.807) is 41.5 Å². The Labute approximate surface area is 183 Å². The predicted molar refractivity (Wildman–Crippen MR) is 117 cm³/mol. The molecule has 0 saturated carbocycles. The van der Waals surface area contributed by atoms with Crippen molar-refractivity contribution in [1.82, 2.24) is 4.90 Å². The summed E-state index contributed by atoms with van der Waals surface area (Å²) in [6, 6.07) is 0. The third kappa shape index (κ3) is 7.37. The maximum absolute atomic E-state index is 13.5. The Morgan fingerprint density at radius 2 is 1.43 bits per heavy atom. The number of carbonyl (C=O) groups is 3. The molecular weight excluding hydrogens is 402 g/mol. The topological polar surface area (TPSA) is 82.1 Å². The molecule has 0 aromatic heterocycles. The normalized spacial score (nSPS) is 22.9. The van der Waals surface area contributed by atoms with E-state index in [0.29, 0.717) is 13.0 Å². The van der Waals surface area contributed by atoms with E-state index < -0.39 is 50.2 Å². The monoisotopic (exact) mass is 442 g/mol. The number of esters is 1. The van der Waals surface area contributed by atoms with Crippen molar-refractivity contribution >= 4 is 26.9 Å². The van der Waals surface area contributed by atoms with Gasteiger partial charge in [-0.3, -0.25) is 14.5 Å². The summed E-state index contributed by atoms with van der Waals surface area (Å²) in [5.74, 6) is -1.07. The molecule has 1 saturated heterocycles. The highest BCUT2D eigenvalue weighted by Gasteiger charge is 2.57. The van der Waals surface area contributed by atoms with Crippen LogP contribution >= 0.6 is 0 Å². The van der Waals surface area contributed by atoms with E-state index in [0.717, 1.165) is 0 Å². The van der Waals surface area contributed by atoms with E-state index in [1.165, 1.54) is 4.90 Å². The number of rotatable bonds is 5. The third-order valence-corrected chi connectivity index (χ3v) is 5.48. The molecule has 1 amide bonds. The smallest absolute Gasteiger partial charge is 0.412 e. The van der Waals surface area contributed by atoms with Crippen molar-refractivity contribution in [2.75, 3.05) is 6.54 Å². The number of hydrogen-bond donors (Lipinski definition) is 0. The van der Waals surface area contributed by atoms with Crippen LogP contribution in [-0.4, -0.2) is 55.3 Å². The van der Waals surface area contributed by atoms with Crippen molar-refractivity contribution in [3.8, 4) is 0 Å². The highest BCUT2D eigenvalue weighted by Crippen LogP contribution is 2.45. The second-order valence-corrected chi connectivity index (χ2v) is 13.4. The van der Waals surface area contributed by atoms with Gasteiger partial charge in [0.1, 0.15) is 17.6 Å². The summed E-state index contributed by atoms with van der Waals surface area (Å²) in [6.07, 6.45) is -0.731. The predicted octanol–water partition coefficient (Wildman–Crippen LogP) is 4.55. The summed E-state index contributed by atoms with van der Waals surface area (Å²) in [7, 11) is -1.39. The summed E-state index contributed by atoms with van der Waals surface area (Å²) < 4.78 is 17.2. The lowest BCUT2D eigenvalue weighted by molar-refractivity contribution is -0.163. The van der Waals surface area contributed by atoms with Crippen LogP contribution in [0.25, 0.3) is 0 Å². The van der Waals surface area contributed by atoms with Gasteiger partial charge >= 0.3 is 12.1 Å². The van der Waals surface area contributed by atoms with Gasteiger partial charge in [-0.15, -0.1) is 0 Å². The molecule has 0 aromatic carbocycles. The minimum absolute atomic E-state index is 0.00829. The van der Waals surface area contributed by atoms with Crippen molar-refractivity contribution in [2.45, 2.75) is 105 Å². The van der Waals surface area contributed by atoms with Gasteiger partial charge in [-0.25, -0.2) is 4.79 Å². The fourth-order valence-electron chi connectivity index (χ4n) is 3.40. The Morgan fingerprint density at radius 1 is 0.933 bits per heavy atom. The van der Waals surface area contributed by atoms with Crippen molar-refractivity contribution in [3.05, 3.63) is 0 Å². The second kappa shape index (κ2) is 8.98. The minimum atomic E-state index is -1.52. The first-order chi connectivity index (χ1) is 13.3. The SMILES string of the molecule is C[Si](C)O[C@]1(C(=O)CC(=O)OC(C)(C)C)C[C@H](C(C)(C)C)CN1C(=O)OC(C)(C)C. The zero-order chi connectivity index (χ0) is 23.7. The van der Waals surface area contributed by atoms with Crippen LogP contribution in [0.1, 0.15) is 75.2 Å². The summed E-state index contributed by atoms with van der Waals surface area (Å²) in [5.41, 5.74) is -3.10. The molecule has 1 radical (unpaired) electrons. The molecule has 1 heterocycles. The largest absolute Gasteiger partial charge is 0.460 e. The fourth-order valence-corrected chi connectivity index (χ4v) is 4.38. The van der Waals surface area contributed by atoms with E-state index in [1.807, 2.05) is 13.1 Å². The molecule has 0 bridgehead atoms. The molecule has 8 heteroatoms. The molecular formula is C22H40NO6Si. The van der Waals surface area contributed by atoms with Crippen molar-refractivity contribution < 1.29 is 28.3 Å². The lowest BCUT2D eigenvalue weighted by Crippen LogP contribution is -2.58. The van der Waals surface area contributed by atoms with Gasteiger partial charge in [-0.1, -0.05) is 20.8 Å². The molecule has 0 spiro atoms. The van der Waals surface area contributed by atoms with Gasteiger partial charge in [0.25, 0.3) is 0 Å². The third-order valence-electron chi connectivity index (χ3n) is 4.73. The minimum Gasteiger partial charge on any atom is -0.460 e. The average molecular weight is 443 g/mol. The molecule has 7 nitrogen and oxygen atoms in total. The van der Waals surface area contributed by atoms with Crippen LogP contribution in [0.2, 0.25) is 13.1 Å². The van der Waals surface area contributed by atoms with Gasteiger partial charge in [0.05, 0.1) is 0 Å². The maximum Gasteiger partial charge on any atom is 0.412 e. The number of carbonyl (C=O) groups excluding carboxylic acids is 3. The summed E-state index contributed by atoms with van der Waals surface area (Å²) in [5, 5.41) is 0. The average Bonchev–Trinajstić information content (AvgIpc) is 2.83. The van der Waals surface area contributed by atoms with Gasteiger partial charge in [0, 0.05) is 13.0 Å². The molecule has 0 aliphatic carbocycles. The molecule has 1 rings (SSSR count). The Balaban J connectivity index is 3.36. The van der Waals surface area contributed by atoms with E-state index >= 15 is 0 Å². The molecule has 173 valence electrons. The first kappa shape index (κ1) is 26.6. The zero-order valence-corrected chi connectivity index (χ0v) is 21.6. The number of ether oxygens (including phenoxy) is 2. The Bertz CT molecular complexity index is 656. The lowest BCUT2D eigenvalue weighted by atomic mass is 9.78. The fraction of sp³-hybridized carbons (Fsp3) is 0.864. The molecule has 0 N–H and O–H groups in total. The Kier molecular flexibility index (Phi) is 7.97. The van der Waals surface area contributed by atoms with Crippen molar-refractivity contribution in [2.24, 2.45) is 11.3 Å². The standard InChI is InChI=1S/C22H40NO6Si/c1-19(2,3)15-13-22(29-30(10)11,16(24)12-17(25)27-20(4,5)6)23(14-15)18(26)28-21(7,8)9/h15H,12-14H2,1-11H3/t15-,22-/m0/s1. The quantitative estimate of drug-likeness (QED) is 0.353. The molecule has 1 aliphatic heterocycles. The van der Waals surface area contributed by atoms with Crippen LogP contribution in [0.5, 0.6) is 0 Å². The Hall–Kier alpha value is -1.41. The van der Waals surface area contributed by atoms with Crippen molar-refractivity contribution in [1.29, 1.82) is 0 Å². The number of Topliss-reactive ketones (excluding diaryl/α,β-unsaturated/α-hetero) is 1. The highest BCUT2D eigenvalue weighted by molar-refractivity contribution is 6.48. The molecule has 1 aliphatic rings. The van der Waals surface area contributed by atoms with Gasteiger partial charge in [0.2, 0.25) is 9.04 Å². The number of nitrogens with zero attached hydrogens (tertiary/aromatic N) is 1. The van der Waals surface area contributed by atoms with Crippen LogP contribution in [0.3, 0.4) is 0 Å². The summed E-state index contributed by atoms with van der Waals surface area (Å²) >= 11 is 0. The Morgan fingerprint density at radius 3 is 1.83 bits per heavy atom. The molecule has 1 fully saturated rings. The first-order valence-corrected chi connectivity index (χ1v) is 12.9. The van der Waals surface area contributed by atoms with Crippen LogP contribution in [-0.2, 0) is 23.5 Å².